The predicted octanol–water partition coefficient (Wildman–Crippen LogP) is 1.31. The lowest BCUT2D eigenvalue weighted by molar-refractivity contribution is -0.00500. The number of hydrogen-bond donors (Lipinski definition) is 1. The Bertz CT molecular complexity index is 353. The van der Waals surface area contributed by atoms with Gasteiger partial charge in [-0.1, -0.05) is 18.2 Å². The Hall–Kier alpha value is -1.06. The van der Waals surface area contributed by atoms with Crippen LogP contribution in [0.4, 0.5) is 5.69 Å². The lowest BCUT2D eigenvalue weighted by Crippen LogP contribution is -2.46. The standard InChI is InChI=1S/C12H16N2O/c1-2-4-12-10(3-1)8-14-5-6-15-9-11(14)7-13-12/h1-4,11,13H,5-9H2/t11-/m0/s1. The summed E-state index contributed by atoms with van der Waals surface area (Å²) in [5, 5.41) is 3.50. The van der Waals surface area contributed by atoms with Crippen molar-refractivity contribution >= 4 is 5.69 Å². The van der Waals surface area contributed by atoms with Gasteiger partial charge in [0.2, 0.25) is 0 Å². The van der Waals surface area contributed by atoms with E-state index in [9.17, 15) is 0 Å². The van der Waals surface area contributed by atoms with Gasteiger partial charge in [0, 0.05) is 25.3 Å². The number of ether oxygens (including phenoxy) is 1. The highest BCUT2D eigenvalue weighted by Gasteiger charge is 2.25. The van der Waals surface area contributed by atoms with Gasteiger partial charge in [-0.3, -0.25) is 4.90 Å². The van der Waals surface area contributed by atoms with Gasteiger partial charge in [-0.2, -0.15) is 0 Å². The second kappa shape index (κ2) is 3.83. The fourth-order valence-electron chi connectivity index (χ4n) is 2.36. The van der Waals surface area contributed by atoms with Crippen molar-refractivity contribution < 1.29 is 4.74 Å². The first-order valence-corrected chi connectivity index (χ1v) is 5.57. The molecule has 15 heavy (non-hydrogen) atoms. The zero-order valence-corrected chi connectivity index (χ0v) is 8.78. The van der Waals surface area contributed by atoms with E-state index in [1.807, 2.05) is 0 Å². The number of fused-ring (bicyclic) bond motifs is 2. The van der Waals surface area contributed by atoms with Crippen LogP contribution in [0.1, 0.15) is 5.56 Å². The van der Waals surface area contributed by atoms with Crippen LogP contribution in [0.5, 0.6) is 0 Å². The van der Waals surface area contributed by atoms with E-state index in [4.69, 9.17) is 4.74 Å². The lowest BCUT2D eigenvalue weighted by Gasteiger charge is -2.33. The molecular formula is C12H16N2O. The summed E-state index contributed by atoms with van der Waals surface area (Å²) >= 11 is 0. The Morgan fingerprint density at radius 2 is 2.27 bits per heavy atom. The molecule has 1 aromatic carbocycles. The summed E-state index contributed by atoms with van der Waals surface area (Å²) in [7, 11) is 0. The van der Waals surface area contributed by atoms with Crippen LogP contribution in [0.25, 0.3) is 0 Å². The van der Waals surface area contributed by atoms with Gasteiger partial charge in [0.1, 0.15) is 0 Å². The monoisotopic (exact) mass is 204 g/mol. The number of morpholine rings is 1. The van der Waals surface area contributed by atoms with Gasteiger partial charge in [-0.05, 0) is 11.6 Å². The van der Waals surface area contributed by atoms with Crippen LogP contribution in [0, 0.1) is 0 Å². The molecule has 0 spiro atoms. The van der Waals surface area contributed by atoms with Crippen LogP contribution in [-0.4, -0.2) is 37.2 Å². The number of rotatable bonds is 0. The van der Waals surface area contributed by atoms with E-state index in [1.165, 1.54) is 11.3 Å². The predicted molar refractivity (Wildman–Crippen MR) is 59.9 cm³/mol. The van der Waals surface area contributed by atoms with Gasteiger partial charge >= 0.3 is 0 Å². The van der Waals surface area contributed by atoms with Crippen molar-refractivity contribution in [3.05, 3.63) is 29.8 Å². The van der Waals surface area contributed by atoms with Crippen LogP contribution in [0.3, 0.4) is 0 Å². The number of benzene rings is 1. The van der Waals surface area contributed by atoms with Crippen molar-refractivity contribution in [2.75, 3.05) is 31.6 Å². The van der Waals surface area contributed by atoms with Gasteiger partial charge in [-0.25, -0.2) is 0 Å². The molecule has 0 bridgehead atoms. The summed E-state index contributed by atoms with van der Waals surface area (Å²) in [6.07, 6.45) is 0. The van der Waals surface area contributed by atoms with Crippen molar-refractivity contribution in [1.82, 2.24) is 4.90 Å². The molecule has 0 radical (unpaired) electrons. The van der Waals surface area contributed by atoms with Crippen molar-refractivity contribution in [3.8, 4) is 0 Å². The smallest absolute Gasteiger partial charge is 0.0639 e. The van der Waals surface area contributed by atoms with E-state index < -0.39 is 0 Å². The minimum atomic E-state index is 0.533. The molecule has 0 saturated carbocycles. The second-order valence-electron chi connectivity index (χ2n) is 4.24. The molecule has 3 nitrogen and oxygen atoms in total. The van der Waals surface area contributed by atoms with Crippen molar-refractivity contribution in [2.45, 2.75) is 12.6 Å². The topological polar surface area (TPSA) is 24.5 Å². The van der Waals surface area contributed by atoms with Crippen molar-refractivity contribution in [1.29, 1.82) is 0 Å². The largest absolute Gasteiger partial charge is 0.383 e. The molecule has 3 heteroatoms. The fraction of sp³-hybridized carbons (Fsp3) is 0.500. The first kappa shape index (κ1) is 9.19. The molecule has 0 amide bonds. The number of hydrogen-bond acceptors (Lipinski definition) is 3. The first-order chi connectivity index (χ1) is 7.43. The summed E-state index contributed by atoms with van der Waals surface area (Å²) in [5.41, 5.74) is 2.69. The Kier molecular flexibility index (Phi) is 2.35. The quantitative estimate of drug-likeness (QED) is 0.689. The maximum Gasteiger partial charge on any atom is 0.0639 e. The second-order valence-corrected chi connectivity index (χ2v) is 4.24. The minimum Gasteiger partial charge on any atom is -0.383 e. The molecule has 3 rings (SSSR count). The Morgan fingerprint density at radius 1 is 1.33 bits per heavy atom. The highest BCUT2D eigenvalue weighted by Crippen LogP contribution is 2.23. The molecule has 0 unspecified atom stereocenters. The number of anilines is 1. The molecule has 0 aliphatic carbocycles. The molecule has 1 fully saturated rings. The van der Waals surface area contributed by atoms with Crippen LogP contribution in [0.2, 0.25) is 0 Å². The van der Waals surface area contributed by atoms with Gasteiger partial charge < -0.3 is 10.1 Å². The minimum absolute atomic E-state index is 0.533. The van der Waals surface area contributed by atoms with Crippen LogP contribution in [0.15, 0.2) is 24.3 Å². The highest BCUT2D eigenvalue weighted by atomic mass is 16.5. The van der Waals surface area contributed by atoms with Crippen molar-refractivity contribution in [2.24, 2.45) is 0 Å². The van der Waals surface area contributed by atoms with Gasteiger partial charge in [-0.15, -0.1) is 0 Å². The number of para-hydroxylation sites is 1. The molecule has 1 atom stereocenters. The van der Waals surface area contributed by atoms with Crippen LogP contribution < -0.4 is 5.32 Å². The molecule has 2 aliphatic heterocycles. The molecule has 1 N–H and O–H groups in total. The average molecular weight is 204 g/mol. The molecular weight excluding hydrogens is 188 g/mol. The van der Waals surface area contributed by atoms with Gasteiger partial charge in [0.05, 0.1) is 19.3 Å². The van der Waals surface area contributed by atoms with Crippen molar-refractivity contribution in [3.63, 3.8) is 0 Å². The summed E-state index contributed by atoms with van der Waals surface area (Å²) in [5.74, 6) is 0. The van der Waals surface area contributed by atoms with E-state index in [0.29, 0.717) is 6.04 Å². The van der Waals surface area contributed by atoms with E-state index in [2.05, 4.69) is 34.5 Å². The summed E-state index contributed by atoms with van der Waals surface area (Å²) < 4.78 is 5.51. The Morgan fingerprint density at radius 3 is 3.27 bits per heavy atom. The third-order valence-corrected chi connectivity index (χ3v) is 3.27. The zero-order chi connectivity index (χ0) is 10.1. The summed E-state index contributed by atoms with van der Waals surface area (Å²) in [4.78, 5) is 2.52. The number of nitrogens with zero attached hydrogens (tertiary/aromatic N) is 1. The summed E-state index contributed by atoms with van der Waals surface area (Å²) in [6, 6.07) is 9.11. The molecule has 2 heterocycles. The third-order valence-electron chi connectivity index (χ3n) is 3.27. The lowest BCUT2D eigenvalue weighted by atomic mass is 10.1. The fourth-order valence-corrected chi connectivity index (χ4v) is 2.36. The SMILES string of the molecule is c1ccc2c(c1)CN1CCOC[C@@H]1CN2. The van der Waals surface area contributed by atoms with E-state index in [-0.39, 0.29) is 0 Å². The first-order valence-electron chi connectivity index (χ1n) is 5.57. The normalized spacial score (nSPS) is 26.0. The van der Waals surface area contributed by atoms with E-state index >= 15 is 0 Å². The average Bonchev–Trinajstić information content (AvgIpc) is 2.48. The summed E-state index contributed by atoms with van der Waals surface area (Å²) in [6.45, 7) is 4.84. The molecule has 2 aliphatic rings. The van der Waals surface area contributed by atoms with Gasteiger partial charge in [0.25, 0.3) is 0 Å². The molecule has 1 saturated heterocycles. The van der Waals surface area contributed by atoms with E-state index in [0.717, 1.165) is 32.8 Å². The van der Waals surface area contributed by atoms with Crippen LogP contribution in [-0.2, 0) is 11.3 Å². The maximum absolute atomic E-state index is 5.51. The van der Waals surface area contributed by atoms with E-state index in [1.54, 1.807) is 0 Å². The molecule has 80 valence electrons. The van der Waals surface area contributed by atoms with Crippen LogP contribution >= 0.6 is 0 Å². The molecule has 0 aromatic heterocycles. The molecule has 1 aromatic rings. The highest BCUT2D eigenvalue weighted by molar-refractivity contribution is 5.52. The third kappa shape index (κ3) is 1.73. The maximum atomic E-state index is 5.51. The van der Waals surface area contributed by atoms with Gasteiger partial charge in [0.15, 0.2) is 0 Å². The Labute approximate surface area is 90.0 Å². The Balaban J connectivity index is 1.88. The zero-order valence-electron chi connectivity index (χ0n) is 8.78. The number of nitrogens with one attached hydrogen (secondary N) is 1.